The molecule has 0 N–H and O–H groups in total. The maximum absolute atomic E-state index is 12.8. The maximum Gasteiger partial charge on any atom is 0.254 e. The van der Waals surface area contributed by atoms with E-state index in [2.05, 4.69) is 9.97 Å². The molecule has 1 aliphatic rings. The van der Waals surface area contributed by atoms with Gasteiger partial charge in [0.15, 0.2) is 0 Å². The first-order valence-electron chi connectivity index (χ1n) is 8.09. The topological polar surface area (TPSA) is 55.3 Å². The van der Waals surface area contributed by atoms with Crippen molar-refractivity contribution in [2.24, 2.45) is 0 Å². The lowest BCUT2D eigenvalue weighted by Crippen LogP contribution is -2.44. The number of carbonyl (C=O) groups is 1. The average molecular weight is 374 g/mol. The Morgan fingerprint density at radius 3 is 3.16 bits per heavy atom. The first-order chi connectivity index (χ1) is 12.2. The number of ether oxygens (including phenoxy) is 1. The van der Waals surface area contributed by atoms with Gasteiger partial charge < -0.3 is 9.64 Å². The zero-order valence-electron chi connectivity index (χ0n) is 13.4. The van der Waals surface area contributed by atoms with Crippen LogP contribution in [-0.4, -0.2) is 40.0 Å². The van der Waals surface area contributed by atoms with E-state index in [4.69, 9.17) is 16.3 Å². The molecule has 25 heavy (non-hydrogen) atoms. The molecular weight excluding hydrogens is 358 g/mol. The maximum atomic E-state index is 12.8. The Morgan fingerprint density at radius 1 is 1.36 bits per heavy atom. The van der Waals surface area contributed by atoms with Crippen molar-refractivity contribution in [1.29, 1.82) is 0 Å². The monoisotopic (exact) mass is 373 g/mol. The van der Waals surface area contributed by atoms with Crippen LogP contribution in [0.3, 0.4) is 0 Å². The predicted molar refractivity (Wildman–Crippen MR) is 98.4 cm³/mol. The van der Waals surface area contributed by atoms with Gasteiger partial charge in [0, 0.05) is 30.6 Å². The lowest BCUT2D eigenvalue weighted by atomic mass is 10.1. The summed E-state index contributed by atoms with van der Waals surface area (Å²) in [6.45, 7) is 1.29. The molecule has 0 saturated carbocycles. The number of rotatable bonds is 3. The molecule has 1 amide bonds. The number of aromatic nitrogens is 2. The van der Waals surface area contributed by atoms with Crippen LogP contribution in [0.1, 0.15) is 23.2 Å². The van der Waals surface area contributed by atoms with E-state index in [9.17, 15) is 4.79 Å². The minimum atomic E-state index is -0.0651. The number of piperidine rings is 1. The molecule has 1 unspecified atom stereocenters. The van der Waals surface area contributed by atoms with Gasteiger partial charge in [0.2, 0.25) is 0 Å². The number of amides is 1. The van der Waals surface area contributed by atoms with Gasteiger partial charge in [-0.15, -0.1) is 11.3 Å². The molecule has 1 saturated heterocycles. The van der Waals surface area contributed by atoms with Crippen molar-refractivity contribution in [3.05, 3.63) is 52.8 Å². The Kier molecular flexibility index (Phi) is 4.55. The standard InChI is InChI=1S/C18H16ClN3O2S/c19-14-9-20-6-5-16(14)24-13-2-1-7-22(10-13)18(23)12-3-4-15-17(8-12)25-11-21-15/h3-6,8-9,11,13H,1-2,7,10H2. The normalized spacial score (nSPS) is 17.6. The van der Waals surface area contributed by atoms with E-state index in [1.165, 1.54) is 0 Å². The summed E-state index contributed by atoms with van der Waals surface area (Å²) in [5, 5.41) is 0.488. The van der Waals surface area contributed by atoms with Crippen molar-refractivity contribution in [2.45, 2.75) is 18.9 Å². The van der Waals surface area contributed by atoms with Crippen molar-refractivity contribution in [1.82, 2.24) is 14.9 Å². The summed E-state index contributed by atoms with van der Waals surface area (Å²) in [5.41, 5.74) is 3.41. The van der Waals surface area contributed by atoms with E-state index in [1.54, 1.807) is 35.3 Å². The Labute approximate surface area is 154 Å². The number of pyridine rings is 1. The predicted octanol–water partition coefficient (Wildman–Crippen LogP) is 4.03. The molecule has 0 bridgehead atoms. The van der Waals surface area contributed by atoms with Gasteiger partial charge >= 0.3 is 0 Å². The van der Waals surface area contributed by atoms with Crippen LogP contribution in [-0.2, 0) is 0 Å². The molecule has 0 radical (unpaired) electrons. The third-order valence-corrected chi connectivity index (χ3v) is 5.35. The van der Waals surface area contributed by atoms with E-state index >= 15 is 0 Å². The SMILES string of the molecule is O=C(c1ccc2ncsc2c1)N1CCCC(Oc2ccncc2Cl)C1. The molecule has 5 nitrogen and oxygen atoms in total. The molecule has 0 spiro atoms. The van der Waals surface area contributed by atoms with Crippen molar-refractivity contribution in [2.75, 3.05) is 13.1 Å². The first-order valence-corrected chi connectivity index (χ1v) is 9.35. The van der Waals surface area contributed by atoms with Crippen molar-refractivity contribution in [3.8, 4) is 5.75 Å². The molecule has 7 heteroatoms. The van der Waals surface area contributed by atoms with Crippen molar-refractivity contribution >= 4 is 39.1 Å². The van der Waals surface area contributed by atoms with E-state index < -0.39 is 0 Å². The summed E-state index contributed by atoms with van der Waals surface area (Å²) in [7, 11) is 0. The second-order valence-electron chi connectivity index (χ2n) is 5.97. The largest absolute Gasteiger partial charge is 0.487 e. The number of nitrogens with zero attached hydrogens (tertiary/aromatic N) is 3. The van der Waals surface area contributed by atoms with Crippen LogP contribution in [0.5, 0.6) is 5.75 Å². The highest BCUT2D eigenvalue weighted by Gasteiger charge is 2.26. The second-order valence-corrected chi connectivity index (χ2v) is 7.27. The van der Waals surface area contributed by atoms with Gasteiger partial charge in [-0.05, 0) is 31.0 Å². The summed E-state index contributed by atoms with van der Waals surface area (Å²) in [6.07, 6.45) is 4.95. The van der Waals surface area contributed by atoms with Crippen LogP contribution in [0.25, 0.3) is 10.2 Å². The first kappa shape index (κ1) is 16.3. The quantitative estimate of drug-likeness (QED) is 0.695. The van der Waals surface area contributed by atoms with Gasteiger partial charge in [0.05, 0.1) is 22.3 Å². The Hall–Kier alpha value is -2.18. The molecule has 1 aromatic carbocycles. The molecule has 1 fully saturated rings. The molecule has 1 atom stereocenters. The van der Waals surface area contributed by atoms with Gasteiger partial charge in [-0.3, -0.25) is 9.78 Å². The number of fused-ring (bicyclic) bond motifs is 1. The van der Waals surface area contributed by atoms with Crippen LogP contribution in [0.4, 0.5) is 0 Å². The molecule has 4 rings (SSSR count). The zero-order chi connectivity index (χ0) is 17.2. The number of thiazole rings is 1. The highest BCUT2D eigenvalue weighted by molar-refractivity contribution is 7.16. The van der Waals surface area contributed by atoms with Crippen molar-refractivity contribution in [3.63, 3.8) is 0 Å². The van der Waals surface area contributed by atoms with E-state index in [1.807, 2.05) is 23.1 Å². The molecule has 0 aliphatic carbocycles. The third-order valence-electron chi connectivity index (χ3n) is 4.27. The average Bonchev–Trinajstić information content (AvgIpc) is 3.11. The molecule has 3 aromatic rings. The minimum Gasteiger partial charge on any atom is -0.487 e. The molecule has 3 heterocycles. The van der Waals surface area contributed by atoms with Crippen LogP contribution in [0.15, 0.2) is 42.2 Å². The molecule has 128 valence electrons. The minimum absolute atomic E-state index is 0.0319. The lowest BCUT2D eigenvalue weighted by molar-refractivity contribution is 0.0538. The Balaban J connectivity index is 1.48. The fraction of sp³-hybridized carbons (Fsp3) is 0.278. The molecule has 1 aliphatic heterocycles. The smallest absolute Gasteiger partial charge is 0.254 e. The number of hydrogen-bond donors (Lipinski definition) is 0. The summed E-state index contributed by atoms with van der Waals surface area (Å²) in [5.74, 6) is 0.645. The summed E-state index contributed by atoms with van der Waals surface area (Å²) >= 11 is 7.65. The fourth-order valence-electron chi connectivity index (χ4n) is 3.03. The zero-order valence-corrected chi connectivity index (χ0v) is 15.0. The second kappa shape index (κ2) is 6.98. The summed E-state index contributed by atoms with van der Waals surface area (Å²) in [4.78, 5) is 22.9. The van der Waals surface area contributed by atoms with Gasteiger partial charge in [0.25, 0.3) is 5.91 Å². The van der Waals surface area contributed by atoms with Gasteiger partial charge in [-0.1, -0.05) is 11.6 Å². The highest BCUT2D eigenvalue weighted by atomic mass is 35.5. The Bertz CT molecular complexity index is 914. The summed E-state index contributed by atoms with van der Waals surface area (Å²) < 4.78 is 7.01. The third kappa shape index (κ3) is 3.45. The number of hydrogen-bond acceptors (Lipinski definition) is 5. The van der Waals surface area contributed by atoms with E-state index in [0.29, 0.717) is 22.9 Å². The van der Waals surface area contributed by atoms with Crippen LogP contribution in [0.2, 0.25) is 5.02 Å². The Morgan fingerprint density at radius 2 is 2.28 bits per heavy atom. The van der Waals surface area contributed by atoms with E-state index in [-0.39, 0.29) is 12.0 Å². The fourth-order valence-corrected chi connectivity index (χ4v) is 3.91. The van der Waals surface area contributed by atoms with Gasteiger partial charge in [0.1, 0.15) is 16.9 Å². The van der Waals surface area contributed by atoms with Crippen LogP contribution >= 0.6 is 22.9 Å². The number of benzene rings is 1. The van der Waals surface area contributed by atoms with Gasteiger partial charge in [-0.25, -0.2) is 4.98 Å². The number of likely N-dealkylation sites (tertiary alicyclic amines) is 1. The summed E-state index contributed by atoms with van der Waals surface area (Å²) in [6, 6.07) is 7.41. The molecular formula is C18H16ClN3O2S. The lowest BCUT2D eigenvalue weighted by Gasteiger charge is -2.33. The van der Waals surface area contributed by atoms with Crippen LogP contribution < -0.4 is 4.74 Å². The van der Waals surface area contributed by atoms with Crippen molar-refractivity contribution < 1.29 is 9.53 Å². The van der Waals surface area contributed by atoms with Crippen LogP contribution in [0, 0.1) is 0 Å². The van der Waals surface area contributed by atoms with E-state index in [0.717, 1.165) is 29.6 Å². The number of carbonyl (C=O) groups excluding carboxylic acids is 1. The molecule has 2 aromatic heterocycles. The number of halogens is 1. The van der Waals surface area contributed by atoms with Gasteiger partial charge in [-0.2, -0.15) is 0 Å². The highest BCUT2D eigenvalue weighted by Crippen LogP contribution is 2.26.